The summed E-state index contributed by atoms with van der Waals surface area (Å²) >= 11 is 0. The summed E-state index contributed by atoms with van der Waals surface area (Å²) in [6, 6.07) is 12.3. The Labute approximate surface area is 96.0 Å². The molecule has 1 atom stereocenters. The van der Waals surface area contributed by atoms with E-state index in [1.165, 1.54) is 10.8 Å². The van der Waals surface area contributed by atoms with Crippen LogP contribution in [0.4, 0.5) is 0 Å². The van der Waals surface area contributed by atoms with Crippen LogP contribution < -0.4 is 10.5 Å². The fourth-order valence-electron chi connectivity index (χ4n) is 2.03. The second kappa shape index (κ2) is 4.54. The van der Waals surface area contributed by atoms with Crippen LogP contribution in [0.3, 0.4) is 0 Å². The van der Waals surface area contributed by atoms with Gasteiger partial charge in [-0.25, -0.2) is 0 Å². The average Bonchev–Trinajstić information content (AvgIpc) is 2.28. The van der Waals surface area contributed by atoms with E-state index in [0.717, 1.165) is 11.3 Å². The van der Waals surface area contributed by atoms with Gasteiger partial charge in [0.1, 0.15) is 5.75 Å². The van der Waals surface area contributed by atoms with Gasteiger partial charge in [-0.3, -0.25) is 0 Å². The zero-order valence-corrected chi connectivity index (χ0v) is 9.73. The average molecular weight is 215 g/mol. The largest absolute Gasteiger partial charge is 0.494 e. The van der Waals surface area contributed by atoms with Crippen molar-refractivity contribution in [3.05, 3.63) is 42.0 Å². The molecule has 2 aromatic carbocycles. The first-order valence-corrected chi connectivity index (χ1v) is 5.64. The standard InChI is InChI=1S/C14H17NO/c1-3-16-13-9-8-11-6-4-5-7-12(11)14(13)10(2)15/h4-10H,3,15H2,1-2H3/t10-/m1/s1. The van der Waals surface area contributed by atoms with E-state index in [4.69, 9.17) is 10.5 Å². The zero-order chi connectivity index (χ0) is 11.5. The van der Waals surface area contributed by atoms with Gasteiger partial charge in [-0.15, -0.1) is 0 Å². The first-order chi connectivity index (χ1) is 7.74. The summed E-state index contributed by atoms with van der Waals surface area (Å²) in [5.41, 5.74) is 7.13. The SMILES string of the molecule is CCOc1ccc2ccccc2c1[C@@H](C)N. The lowest BCUT2D eigenvalue weighted by atomic mass is 9.99. The van der Waals surface area contributed by atoms with Crippen molar-refractivity contribution in [3.63, 3.8) is 0 Å². The monoisotopic (exact) mass is 215 g/mol. The molecule has 0 radical (unpaired) electrons. The number of benzene rings is 2. The van der Waals surface area contributed by atoms with E-state index in [1.807, 2.05) is 32.0 Å². The number of ether oxygens (including phenoxy) is 1. The molecule has 84 valence electrons. The van der Waals surface area contributed by atoms with Crippen molar-refractivity contribution >= 4 is 10.8 Å². The number of rotatable bonds is 3. The van der Waals surface area contributed by atoms with Gasteiger partial charge in [0.25, 0.3) is 0 Å². The Morgan fingerprint density at radius 1 is 1.19 bits per heavy atom. The lowest BCUT2D eigenvalue weighted by molar-refractivity contribution is 0.335. The molecule has 2 heteroatoms. The Bertz CT molecular complexity index is 491. The molecule has 0 bridgehead atoms. The topological polar surface area (TPSA) is 35.2 Å². The molecular formula is C14H17NO. The summed E-state index contributed by atoms with van der Waals surface area (Å²) in [7, 11) is 0. The van der Waals surface area contributed by atoms with Gasteiger partial charge in [-0.05, 0) is 30.7 Å². The third-order valence-electron chi connectivity index (χ3n) is 2.69. The first-order valence-electron chi connectivity index (χ1n) is 5.64. The van der Waals surface area contributed by atoms with Crippen LogP contribution in [0, 0.1) is 0 Å². The van der Waals surface area contributed by atoms with Gasteiger partial charge in [0.2, 0.25) is 0 Å². The highest BCUT2D eigenvalue weighted by Crippen LogP contribution is 2.31. The van der Waals surface area contributed by atoms with Crippen molar-refractivity contribution in [3.8, 4) is 5.75 Å². The van der Waals surface area contributed by atoms with Crippen LogP contribution in [0.1, 0.15) is 25.5 Å². The molecule has 0 saturated carbocycles. The highest BCUT2D eigenvalue weighted by molar-refractivity contribution is 5.88. The Hall–Kier alpha value is -1.54. The van der Waals surface area contributed by atoms with Crippen molar-refractivity contribution in [1.82, 2.24) is 0 Å². The highest BCUT2D eigenvalue weighted by atomic mass is 16.5. The van der Waals surface area contributed by atoms with E-state index in [-0.39, 0.29) is 6.04 Å². The molecular weight excluding hydrogens is 198 g/mol. The molecule has 2 rings (SSSR count). The molecule has 0 unspecified atom stereocenters. The molecule has 0 aliphatic rings. The van der Waals surface area contributed by atoms with E-state index in [0.29, 0.717) is 6.61 Å². The molecule has 0 saturated heterocycles. The van der Waals surface area contributed by atoms with E-state index < -0.39 is 0 Å². The smallest absolute Gasteiger partial charge is 0.124 e. The first kappa shape index (κ1) is 11.0. The van der Waals surface area contributed by atoms with E-state index in [2.05, 4.69) is 18.2 Å². The second-order valence-electron chi connectivity index (χ2n) is 3.92. The van der Waals surface area contributed by atoms with E-state index in [9.17, 15) is 0 Å². The van der Waals surface area contributed by atoms with Crippen LogP contribution in [0.5, 0.6) is 5.75 Å². The molecule has 0 spiro atoms. The van der Waals surface area contributed by atoms with E-state index >= 15 is 0 Å². The van der Waals surface area contributed by atoms with Crippen LogP contribution in [0.2, 0.25) is 0 Å². The Balaban J connectivity index is 2.69. The van der Waals surface area contributed by atoms with Gasteiger partial charge in [0.05, 0.1) is 6.61 Å². The Morgan fingerprint density at radius 3 is 2.62 bits per heavy atom. The van der Waals surface area contributed by atoms with Gasteiger partial charge >= 0.3 is 0 Å². The minimum Gasteiger partial charge on any atom is -0.494 e. The summed E-state index contributed by atoms with van der Waals surface area (Å²) in [5.74, 6) is 0.899. The van der Waals surface area contributed by atoms with Gasteiger partial charge in [0.15, 0.2) is 0 Å². The summed E-state index contributed by atoms with van der Waals surface area (Å²) in [5, 5.41) is 2.39. The number of hydrogen-bond donors (Lipinski definition) is 1. The predicted molar refractivity (Wildman–Crippen MR) is 67.7 cm³/mol. The second-order valence-corrected chi connectivity index (χ2v) is 3.92. The maximum atomic E-state index is 6.03. The fourth-order valence-corrected chi connectivity index (χ4v) is 2.03. The van der Waals surface area contributed by atoms with Crippen molar-refractivity contribution in [2.45, 2.75) is 19.9 Å². The van der Waals surface area contributed by atoms with Crippen LogP contribution in [0.25, 0.3) is 10.8 Å². The lowest BCUT2D eigenvalue weighted by Gasteiger charge is -2.15. The molecule has 2 aromatic rings. The summed E-state index contributed by atoms with van der Waals surface area (Å²) in [6.45, 7) is 4.64. The summed E-state index contributed by atoms with van der Waals surface area (Å²) < 4.78 is 5.63. The minimum atomic E-state index is -0.0207. The molecule has 0 aliphatic heterocycles. The molecule has 0 heterocycles. The van der Waals surface area contributed by atoms with Gasteiger partial charge in [-0.2, -0.15) is 0 Å². The third-order valence-corrected chi connectivity index (χ3v) is 2.69. The molecule has 2 N–H and O–H groups in total. The van der Waals surface area contributed by atoms with Crippen molar-refractivity contribution < 1.29 is 4.74 Å². The maximum absolute atomic E-state index is 6.03. The van der Waals surface area contributed by atoms with Crippen LogP contribution >= 0.6 is 0 Å². The minimum absolute atomic E-state index is 0.0207. The lowest BCUT2D eigenvalue weighted by Crippen LogP contribution is -2.08. The maximum Gasteiger partial charge on any atom is 0.124 e. The van der Waals surface area contributed by atoms with E-state index in [1.54, 1.807) is 0 Å². The van der Waals surface area contributed by atoms with Crippen molar-refractivity contribution in [1.29, 1.82) is 0 Å². The number of fused-ring (bicyclic) bond motifs is 1. The summed E-state index contributed by atoms with van der Waals surface area (Å²) in [4.78, 5) is 0. The fraction of sp³-hybridized carbons (Fsp3) is 0.286. The van der Waals surface area contributed by atoms with Gasteiger partial charge in [-0.1, -0.05) is 30.3 Å². The molecule has 0 fully saturated rings. The molecule has 0 aromatic heterocycles. The molecule has 2 nitrogen and oxygen atoms in total. The number of hydrogen-bond acceptors (Lipinski definition) is 2. The quantitative estimate of drug-likeness (QED) is 0.853. The van der Waals surface area contributed by atoms with Crippen LogP contribution in [-0.2, 0) is 0 Å². The normalized spacial score (nSPS) is 12.7. The van der Waals surface area contributed by atoms with Crippen molar-refractivity contribution in [2.75, 3.05) is 6.61 Å². The molecule has 0 amide bonds. The molecule has 0 aliphatic carbocycles. The van der Waals surface area contributed by atoms with Crippen molar-refractivity contribution in [2.24, 2.45) is 5.73 Å². The van der Waals surface area contributed by atoms with Gasteiger partial charge in [0, 0.05) is 11.6 Å². The van der Waals surface area contributed by atoms with Crippen LogP contribution in [-0.4, -0.2) is 6.61 Å². The van der Waals surface area contributed by atoms with Gasteiger partial charge < -0.3 is 10.5 Å². The summed E-state index contributed by atoms with van der Waals surface area (Å²) in [6.07, 6.45) is 0. The number of nitrogens with two attached hydrogens (primary N) is 1. The predicted octanol–water partition coefficient (Wildman–Crippen LogP) is 3.26. The Morgan fingerprint density at radius 2 is 1.94 bits per heavy atom. The third kappa shape index (κ3) is 1.89. The highest BCUT2D eigenvalue weighted by Gasteiger charge is 2.11. The molecule has 16 heavy (non-hydrogen) atoms. The zero-order valence-electron chi connectivity index (χ0n) is 9.73. The van der Waals surface area contributed by atoms with Crippen LogP contribution in [0.15, 0.2) is 36.4 Å². The Kier molecular flexibility index (Phi) is 3.11.